The maximum Gasteiger partial charge on any atom is 0.0935 e. The normalized spacial score (nSPS) is 12.9. The first-order valence-electron chi connectivity index (χ1n) is 4.62. The minimum Gasteiger partial charge on any atom is -0.472 e. The molecule has 0 aliphatic rings. The van der Waals surface area contributed by atoms with Gasteiger partial charge in [0.2, 0.25) is 0 Å². The molecule has 1 atom stereocenters. The summed E-state index contributed by atoms with van der Waals surface area (Å²) in [6.07, 6.45) is 4.20. The first kappa shape index (κ1) is 12.3. The Labute approximate surface area is 114 Å². The number of hydrogen-bond donors (Lipinski definition) is 2. The fourth-order valence-electron chi connectivity index (χ4n) is 1.49. The second-order valence-corrected chi connectivity index (χ2v) is 7.08. The summed E-state index contributed by atoms with van der Waals surface area (Å²) in [5.41, 5.74) is 5.10. The van der Waals surface area contributed by atoms with Gasteiger partial charge in [0.05, 0.1) is 26.1 Å². The van der Waals surface area contributed by atoms with Gasteiger partial charge >= 0.3 is 0 Å². The van der Waals surface area contributed by atoms with Gasteiger partial charge in [0.15, 0.2) is 0 Å². The van der Waals surface area contributed by atoms with E-state index in [0.717, 1.165) is 25.1 Å². The van der Waals surface area contributed by atoms with Crippen molar-refractivity contribution in [3.05, 3.63) is 43.4 Å². The van der Waals surface area contributed by atoms with Crippen LogP contribution in [0.3, 0.4) is 0 Å². The second kappa shape index (κ2) is 5.46. The molecule has 16 heavy (non-hydrogen) atoms. The molecule has 3 N–H and O–H groups in total. The van der Waals surface area contributed by atoms with Gasteiger partial charge in [-0.1, -0.05) is 0 Å². The number of nitrogens with two attached hydrogens (primary N) is 1. The molecular weight excluding hydrogens is 356 g/mol. The van der Waals surface area contributed by atoms with Crippen molar-refractivity contribution in [3.63, 3.8) is 0 Å². The maximum absolute atomic E-state index is 5.59. The lowest BCUT2D eigenvalue weighted by molar-refractivity contribution is 0.536. The van der Waals surface area contributed by atoms with Crippen LogP contribution in [0.4, 0.5) is 0 Å². The van der Waals surface area contributed by atoms with E-state index in [-0.39, 0.29) is 6.04 Å². The van der Waals surface area contributed by atoms with Crippen LogP contribution in [0.1, 0.15) is 17.2 Å². The van der Waals surface area contributed by atoms with E-state index < -0.39 is 0 Å². The molecule has 2 aromatic heterocycles. The first-order chi connectivity index (χ1) is 7.70. The van der Waals surface area contributed by atoms with Crippen molar-refractivity contribution in [3.8, 4) is 0 Å². The molecule has 2 heterocycles. The fraction of sp³-hybridized carbons (Fsp3) is 0.200. The van der Waals surface area contributed by atoms with E-state index in [4.69, 9.17) is 10.3 Å². The third kappa shape index (κ3) is 2.75. The fourth-order valence-corrected chi connectivity index (χ4v) is 4.47. The lowest BCUT2D eigenvalue weighted by Crippen LogP contribution is -2.29. The van der Waals surface area contributed by atoms with Gasteiger partial charge in [-0.25, -0.2) is 0 Å². The van der Waals surface area contributed by atoms with Gasteiger partial charge < -0.3 is 4.42 Å². The number of thiophene rings is 1. The molecule has 2 rings (SSSR count). The molecule has 0 amide bonds. The zero-order chi connectivity index (χ0) is 11.5. The smallest absolute Gasteiger partial charge is 0.0935 e. The Hall–Kier alpha value is -0.140. The van der Waals surface area contributed by atoms with E-state index >= 15 is 0 Å². The molecule has 2 aromatic rings. The Kier molecular flexibility index (Phi) is 4.21. The Morgan fingerprint density at radius 1 is 1.50 bits per heavy atom. The summed E-state index contributed by atoms with van der Waals surface area (Å²) in [6.45, 7) is 0. The van der Waals surface area contributed by atoms with Gasteiger partial charge in [0, 0.05) is 0 Å². The van der Waals surface area contributed by atoms with E-state index in [1.165, 1.54) is 0 Å². The summed E-state index contributed by atoms with van der Waals surface area (Å²) in [7, 11) is 0. The first-order valence-corrected chi connectivity index (χ1v) is 7.03. The van der Waals surface area contributed by atoms with Crippen LogP contribution in [-0.4, -0.2) is 0 Å². The molecule has 0 fully saturated rings. The third-order valence-corrected chi connectivity index (χ3v) is 4.67. The van der Waals surface area contributed by atoms with Gasteiger partial charge in [0.25, 0.3) is 0 Å². The highest BCUT2D eigenvalue weighted by atomic mass is 79.9. The minimum absolute atomic E-state index is 0.0783. The van der Waals surface area contributed by atoms with E-state index in [2.05, 4.69) is 43.4 Å². The Bertz CT molecular complexity index is 455. The summed E-state index contributed by atoms with van der Waals surface area (Å²) in [4.78, 5) is 0. The molecular formula is C10H10Br2N2OS. The molecule has 0 spiro atoms. The largest absolute Gasteiger partial charge is 0.472 e. The molecule has 0 radical (unpaired) electrons. The van der Waals surface area contributed by atoms with Crippen LogP contribution in [0.2, 0.25) is 0 Å². The summed E-state index contributed by atoms with van der Waals surface area (Å²) in [6, 6.07) is 4.09. The van der Waals surface area contributed by atoms with E-state index in [1.807, 2.05) is 6.07 Å². The highest BCUT2D eigenvalue weighted by molar-refractivity contribution is 9.12. The molecule has 86 valence electrons. The molecule has 0 saturated heterocycles. The van der Waals surface area contributed by atoms with Crippen LogP contribution in [0.25, 0.3) is 0 Å². The number of nitrogens with one attached hydrogen (secondary N) is 1. The zero-order valence-corrected chi connectivity index (χ0v) is 12.2. The molecule has 0 aliphatic carbocycles. The van der Waals surface area contributed by atoms with Crippen molar-refractivity contribution in [1.29, 1.82) is 0 Å². The topological polar surface area (TPSA) is 51.2 Å². The van der Waals surface area contributed by atoms with Crippen molar-refractivity contribution in [2.45, 2.75) is 12.5 Å². The van der Waals surface area contributed by atoms with Gasteiger partial charge in [-0.05, 0) is 61.5 Å². The van der Waals surface area contributed by atoms with Crippen LogP contribution in [0.15, 0.2) is 36.6 Å². The minimum atomic E-state index is 0.0783. The highest BCUT2D eigenvalue weighted by Crippen LogP contribution is 2.36. The average Bonchev–Trinajstić information content (AvgIpc) is 2.85. The van der Waals surface area contributed by atoms with Crippen LogP contribution in [-0.2, 0) is 6.42 Å². The predicted molar refractivity (Wildman–Crippen MR) is 72.2 cm³/mol. The summed E-state index contributed by atoms with van der Waals surface area (Å²) in [5.74, 6) is 5.59. The lowest BCUT2D eigenvalue weighted by atomic mass is 10.0. The van der Waals surface area contributed by atoms with Crippen molar-refractivity contribution in [2.24, 2.45) is 5.84 Å². The third-order valence-electron chi connectivity index (χ3n) is 2.28. The molecule has 1 unspecified atom stereocenters. The molecule has 3 nitrogen and oxygen atoms in total. The van der Waals surface area contributed by atoms with Crippen molar-refractivity contribution in [2.75, 3.05) is 0 Å². The lowest BCUT2D eigenvalue weighted by Gasteiger charge is -2.14. The monoisotopic (exact) mass is 364 g/mol. The van der Waals surface area contributed by atoms with E-state index in [9.17, 15) is 0 Å². The van der Waals surface area contributed by atoms with Crippen LogP contribution < -0.4 is 11.3 Å². The van der Waals surface area contributed by atoms with Crippen LogP contribution in [0, 0.1) is 0 Å². The number of rotatable bonds is 4. The van der Waals surface area contributed by atoms with Gasteiger partial charge in [-0.15, -0.1) is 11.3 Å². The quantitative estimate of drug-likeness (QED) is 0.642. The zero-order valence-electron chi connectivity index (χ0n) is 8.24. The van der Waals surface area contributed by atoms with Gasteiger partial charge in [-0.3, -0.25) is 11.3 Å². The summed E-state index contributed by atoms with van der Waals surface area (Å²) < 4.78 is 7.22. The number of hydrogen-bond acceptors (Lipinski definition) is 4. The molecule has 0 saturated carbocycles. The number of hydrazine groups is 1. The van der Waals surface area contributed by atoms with E-state index in [0.29, 0.717) is 0 Å². The Morgan fingerprint density at radius 3 is 2.81 bits per heavy atom. The average molecular weight is 366 g/mol. The standard InChI is InChI=1S/C10H10Br2N2OS/c11-9-4-7(10(12)16-9)8(14-13)3-6-1-2-15-5-6/h1-2,4-5,8,14H,3,13H2. The van der Waals surface area contributed by atoms with Crippen molar-refractivity contribution < 1.29 is 4.42 Å². The number of halogens is 2. The number of furan rings is 1. The molecule has 0 bridgehead atoms. The van der Waals surface area contributed by atoms with Gasteiger partial charge in [-0.2, -0.15) is 0 Å². The molecule has 0 aliphatic heterocycles. The maximum atomic E-state index is 5.59. The van der Waals surface area contributed by atoms with Crippen LogP contribution in [0.5, 0.6) is 0 Å². The van der Waals surface area contributed by atoms with Crippen molar-refractivity contribution >= 4 is 43.2 Å². The van der Waals surface area contributed by atoms with Crippen molar-refractivity contribution in [1.82, 2.24) is 5.43 Å². The van der Waals surface area contributed by atoms with Crippen LogP contribution >= 0.6 is 43.2 Å². The summed E-state index contributed by atoms with van der Waals surface area (Å²) >= 11 is 8.63. The predicted octanol–water partition coefficient (Wildman–Crippen LogP) is 3.61. The highest BCUT2D eigenvalue weighted by Gasteiger charge is 2.16. The molecule has 6 heteroatoms. The SMILES string of the molecule is NNC(Cc1ccoc1)c1cc(Br)sc1Br. The summed E-state index contributed by atoms with van der Waals surface area (Å²) in [5, 5.41) is 0. The van der Waals surface area contributed by atoms with Gasteiger partial charge in [0.1, 0.15) is 0 Å². The Balaban J connectivity index is 2.19. The Morgan fingerprint density at radius 2 is 2.31 bits per heavy atom. The second-order valence-electron chi connectivity index (χ2n) is 3.33. The molecule has 0 aromatic carbocycles. The van der Waals surface area contributed by atoms with E-state index in [1.54, 1.807) is 23.9 Å².